The molecule has 2 aromatic rings. The molecule has 1 aliphatic carbocycles. The van der Waals surface area contributed by atoms with E-state index in [1.807, 2.05) is 11.3 Å². The lowest BCUT2D eigenvalue weighted by molar-refractivity contribution is 0.419. The molecule has 0 amide bonds. The maximum atomic E-state index is 3.62. The Kier molecular flexibility index (Phi) is 4.54. The lowest BCUT2D eigenvalue weighted by atomic mass is 9.80. The smallest absolute Gasteiger partial charge is 0.0368 e. The normalized spacial score (nSPS) is 16.9. The van der Waals surface area contributed by atoms with E-state index in [9.17, 15) is 0 Å². The number of rotatable bonds is 6. The van der Waals surface area contributed by atoms with Gasteiger partial charge in [0.15, 0.2) is 0 Å². The fraction of sp³-hybridized carbons (Fsp3) is 0.444. The van der Waals surface area contributed by atoms with Crippen molar-refractivity contribution in [3.8, 4) is 0 Å². The summed E-state index contributed by atoms with van der Waals surface area (Å²) in [4.78, 5) is 1.46. The SMILES string of the molecule is CCNC(Cc1cccs1)c1ccc(C2CCC2)cc1. The van der Waals surface area contributed by atoms with Gasteiger partial charge in [-0.15, -0.1) is 11.3 Å². The molecule has 1 fully saturated rings. The molecule has 1 nitrogen and oxygen atoms in total. The van der Waals surface area contributed by atoms with E-state index in [4.69, 9.17) is 0 Å². The summed E-state index contributed by atoms with van der Waals surface area (Å²) < 4.78 is 0. The zero-order valence-electron chi connectivity index (χ0n) is 12.1. The van der Waals surface area contributed by atoms with E-state index >= 15 is 0 Å². The minimum absolute atomic E-state index is 0.439. The highest BCUT2D eigenvalue weighted by molar-refractivity contribution is 7.09. The zero-order chi connectivity index (χ0) is 13.8. The van der Waals surface area contributed by atoms with Gasteiger partial charge >= 0.3 is 0 Å². The first-order chi connectivity index (χ1) is 9.86. The van der Waals surface area contributed by atoms with E-state index in [0.29, 0.717) is 6.04 Å². The van der Waals surface area contributed by atoms with Gasteiger partial charge < -0.3 is 5.32 Å². The summed E-state index contributed by atoms with van der Waals surface area (Å²) in [6.07, 6.45) is 5.26. The summed E-state index contributed by atoms with van der Waals surface area (Å²) in [6.45, 7) is 3.20. The molecule has 0 bridgehead atoms. The minimum Gasteiger partial charge on any atom is -0.310 e. The second kappa shape index (κ2) is 6.55. The van der Waals surface area contributed by atoms with E-state index in [0.717, 1.165) is 18.9 Å². The van der Waals surface area contributed by atoms with Crippen molar-refractivity contribution in [2.45, 2.75) is 44.6 Å². The van der Waals surface area contributed by atoms with Crippen LogP contribution in [0, 0.1) is 0 Å². The highest BCUT2D eigenvalue weighted by Crippen LogP contribution is 2.36. The van der Waals surface area contributed by atoms with E-state index in [1.54, 1.807) is 0 Å². The monoisotopic (exact) mass is 285 g/mol. The average Bonchev–Trinajstić information content (AvgIpc) is 2.90. The molecular formula is C18H23NS. The lowest BCUT2D eigenvalue weighted by Crippen LogP contribution is -2.22. The maximum Gasteiger partial charge on any atom is 0.0368 e. The van der Waals surface area contributed by atoms with Crippen molar-refractivity contribution in [2.75, 3.05) is 6.54 Å². The van der Waals surface area contributed by atoms with E-state index < -0.39 is 0 Å². The number of nitrogens with one attached hydrogen (secondary N) is 1. The van der Waals surface area contributed by atoms with E-state index in [-0.39, 0.29) is 0 Å². The van der Waals surface area contributed by atoms with Crippen LogP contribution in [-0.4, -0.2) is 6.54 Å². The summed E-state index contributed by atoms with van der Waals surface area (Å²) in [5.74, 6) is 0.832. The molecule has 1 aliphatic rings. The predicted octanol–water partition coefficient (Wildman–Crippen LogP) is 4.91. The quantitative estimate of drug-likeness (QED) is 0.795. The summed E-state index contributed by atoms with van der Waals surface area (Å²) in [5.41, 5.74) is 2.95. The van der Waals surface area contributed by atoms with Crippen molar-refractivity contribution in [3.05, 3.63) is 57.8 Å². The molecule has 1 heterocycles. The maximum absolute atomic E-state index is 3.62. The minimum atomic E-state index is 0.439. The van der Waals surface area contributed by atoms with Crippen LogP contribution in [0.1, 0.15) is 54.1 Å². The van der Waals surface area contributed by atoms with Crippen LogP contribution in [0.4, 0.5) is 0 Å². The topological polar surface area (TPSA) is 12.0 Å². The van der Waals surface area contributed by atoms with Gasteiger partial charge in [0.1, 0.15) is 0 Å². The van der Waals surface area contributed by atoms with Gasteiger partial charge in [-0.1, -0.05) is 43.7 Å². The molecule has 1 unspecified atom stereocenters. The van der Waals surface area contributed by atoms with E-state index in [1.165, 1.54) is 35.3 Å². The van der Waals surface area contributed by atoms with Crippen molar-refractivity contribution in [3.63, 3.8) is 0 Å². The predicted molar refractivity (Wildman–Crippen MR) is 87.5 cm³/mol. The first kappa shape index (κ1) is 13.8. The second-order valence-corrected chi connectivity index (χ2v) is 6.72. The molecule has 106 valence electrons. The third kappa shape index (κ3) is 3.13. The van der Waals surface area contributed by atoms with Crippen LogP contribution >= 0.6 is 11.3 Å². The third-order valence-corrected chi connectivity index (χ3v) is 5.25. The third-order valence-electron chi connectivity index (χ3n) is 4.35. The molecule has 1 aromatic carbocycles. The number of thiophene rings is 1. The number of likely N-dealkylation sites (N-methyl/N-ethyl adjacent to an activating group) is 1. The van der Waals surface area contributed by atoms with Crippen molar-refractivity contribution < 1.29 is 0 Å². The Labute approximate surface area is 126 Å². The Balaban J connectivity index is 1.72. The summed E-state index contributed by atoms with van der Waals surface area (Å²) in [7, 11) is 0. The van der Waals surface area contributed by atoms with Crippen LogP contribution in [0.3, 0.4) is 0 Å². The standard InChI is InChI=1S/C18H23NS/c1-2-19-18(13-17-7-4-12-20-17)16-10-8-15(9-11-16)14-5-3-6-14/h4,7-12,14,18-19H,2-3,5-6,13H2,1H3. The Bertz CT molecular complexity index is 511. The van der Waals surface area contributed by atoms with Gasteiger partial charge in [-0.3, -0.25) is 0 Å². The van der Waals surface area contributed by atoms with Gasteiger partial charge in [-0.05, 0) is 47.9 Å². The Morgan fingerprint density at radius 2 is 2.00 bits per heavy atom. The average molecular weight is 285 g/mol. The summed E-state index contributed by atoms with van der Waals surface area (Å²) >= 11 is 1.85. The van der Waals surface area contributed by atoms with Crippen molar-refractivity contribution in [2.24, 2.45) is 0 Å². The van der Waals surface area contributed by atoms with Gasteiger partial charge in [-0.25, -0.2) is 0 Å². The van der Waals surface area contributed by atoms with Gasteiger partial charge in [0, 0.05) is 17.3 Å². The van der Waals surface area contributed by atoms with Gasteiger partial charge in [0.2, 0.25) is 0 Å². The van der Waals surface area contributed by atoms with Crippen molar-refractivity contribution >= 4 is 11.3 Å². The fourth-order valence-electron chi connectivity index (χ4n) is 2.93. The molecule has 1 aromatic heterocycles. The number of hydrogen-bond donors (Lipinski definition) is 1. The highest BCUT2D eigenvalue weighted by atomic mass is 32.1. The first-order valence-electron chi connectivity index (χ1n) is 7.72. The molecule has 1 N–H and O–H groups in total. The van der Waals surface area contributed by atoms with Gasteiger partial charge in [-0.2, -0.15) is 0 Å². The molecule has 2 heteroatoms. The second-order valence-electron chi connectivity index (χ2n) is 5.69. The van der Waals surface area contributed by atoms with Crippen molar-refractivity contribution in [1.29, 1.82) is 0 Å². The summed E-state index contributed by atoms with van der Waals surface area (Å²) in [5, 5.41) is 5.79. The van der Waals surface area contributed by atoms with Crippen LogP contribution in [0.2, 0.25) is 0 Å². The zero-order valence-corrected chi connectivity index (χ0v) is 13.0. The number of benzene rings is 1. The van der Waals surface area contributed by atoms with Crippen molar-refractivity contribution in [1.82, 2.24) is 5.32 Å². The number of hydrogen-bond acceptors (Lipinski definition) is 2. The molecule has 0 saturated heterocycles. The Morgan fingerprint density at radius 1 is 1.20 bits per heavy atom. The van der Waals surface area contributed by atoms with Gasteiger partial charge in [0.05, 0.1) is 0 Å². The molecule has 0 radical (unpaired) electrons. The Morgan fingerprint density at radius 3 is 2.55 bits per heavy atom. The van der Waals surface area contributed by atoms with E-state index in [2.05, 4.69) is 54.0 Å². The Hall–Kier alpha value is -1.12. The van der Waals surface area contributed by atoms with Crippen LogP contribution in [0.5, 0.6) is 0 Å². The molecule has 0 spiro atoms. The van der Waals surface area contributed by atoms with Crippen LogP contribution in [-0.2, 0) is 6.42 Å². The van der Waals surface area contributed by atoms with Crippen LogP contribution < -0.4 is 5.32 Å². The molecular weight excluding hydrogens is 262 g/mol. The lowest BCUT2D eigenvalue weighted by Gasteiger charge is -2.26. The van der Waals surface area contributed by atoms with Crippen LogP contribution in [0.25, 0.3) is 0 Å². The largest absolute Gasteiger partial charge is 0.310 e. The molecule has 20 heavy (non-hydrogen) atoms. The highest BCUT2D eigenvalue weighted by Gasteiger charge is 2.19. The molecule has 1 saturated carbocycles. The van der Waals surface area contributed by atoms with Crippen LogP contribution in [0.15, 0.2) is 41.8 Å². The molecule has 0 aliphatic heterocycles. The molecule has 1 atom stereocenters. The fourth-order valence-corrected chi connectivity index (χ4v) is 3.68. The van der Waals surface area contributed by atoms with Gasteiger partial charge in [0.25, 0.3) is 0 Å². The summed E-state index contributed by atoms with van der Waals surface area (Å²) in [6, 6.07) is 14.2. The first-order valence-corrected chi connectivity index (χ1v) is 8.60. The molecule has 3 rings (SSSR count).